The van der Waals surface area contributed by atoms with Gasteiger partial charge in [0.15, 0.2) is 0 Å². The van der Waals surface area contributed by atoms with Gasteiger partial charge in [0.05, 0.1) is 5.69 Å². The third-order valence-electron chi connectivity index (χ3n) is 2.82. The SMILES string of the molecule is COCCCN(C)C(=O)c1ccc(NN)c(C)c1. The summed E-state index contributed by atoms with van der Waals surface area (Å²) in [7, 11) is 3.45. The maximum absolute atomic E-state index is 12.1. The lowest BCUT2D eigenvalue weighted by atomic mass is 10.1. The summed E-state index contributed by atoms with van der Waals surface area (Å²) in [6.07, 6.45) is 0.833. The van der Waals surface area contributed by atoms with Crippen molar-refractivity contribution in [3.63, 3.8) is 0 Å². The first-order valence-corrected chi connectivity index (χ1v) is 5.91. The van der Waals surface area contributed by atoms with E-state index < -0.39 is 0 Å². The van der Waals surface area contributed by atoms with Gasteiger partial charge in [0.25, 0.3) is 5.91 Å². The van der Waals surface area contributed by atoms with Gasteiger partial charge < -0.3 is 15.1 Å². The van der Waals surface area contributed by atoms with Gasteiger partial charge in [-0.2, -0.15) is 0 Å². The summed E-state index contributed by atoms with van der Waals surface area (Å²) in [4.78, 5) is 13.8. The molecular weight excluding hydrogens is 230 g/mol. The lowest BCUT2D eigenvalue weighted by Crippen LogP contribution is -2.28. The normalized spacial score (nSPS) is 10.2. The number of nitrogens with zero attached hydrogens (tertiary/aromatic N) is 1. The zero-order chi connectivity index (χ0) is 13.5. The number of carbonyl (C=O) groups is 1. The highest BCUT2D eigenvalue weighted by Gasteiger charge is 2.12. The average Bonchev–Trinajstić information content (AvgIpc) is 2.38. The number of amides is 1. The molecule has 0 spiro atoms. The molecule has 100 valence electrons. The van der Waals surface area contributed by atoms with Crippen LogP contribution in [0.1, 0.15) is 22.3 Å². The van der Waals surface area contributed by atoms with E-state index >= 15 is 0 Å². The van der Waals surface area contributed by atoms with Crippen LogP contribution in [0.3, 0.4) is 0 Å². The Labute approximate surface area is 108 Å². The number of nitrogens with one attached hydrogen (secondary N) is 1. The molecule has 1 rings (SSSR count). The largest absolute Gasteiger partial charge is 0.385 e. The van der Waals surface area contributed by atoms with Crippen molar-refractivity contribution in [3.8, 4) is 0 Å². The van der Waals surface area contributed by atoms with Crippen LogP contribution in [0.4, 0.5) is 5.69 Å². The van der Waals surface area contributed by atoms with Crippen LogP contribution in [0.5, 0.6) is 0 Å². The molecule has 0 radical (unpaired) electrons. The second-order valence-electron chi connectivity index (χ2n) is 4.25. The Bertz CT molecular complexity index is 407. The number of hydrazine groups is 1. The molecule has 0 saturated heterocycles. The van der Waals surface area contributed by atoms with Crippen molar-refractivity contribution in [2.45, 2.75) is 13.3 Å². The number of anilines is 1. The van der Waals surface area contributed by atoms with Crippen molar-refractivity contribution in [1.82, 2.24) is 4.90 Å². The number of hydrogen-bond donors (Lipinski definition) is 2. The molecule has 5 nitrogen and oxygen atoms in total. The average molecular weight is 251 g/mol. The summed E-state index contributed by atoms with van der Waals surface area (Å²) in [5.74, 6) is 5.37. The summed E-state index contributed by atoms with van der Waals surface area (Å²) in [6, 6.07) is 5.42. The van der Waals surface area contributed by atoms with Crippen molar-refractivity contribution < 1.29 is 9.53 Å². The number of nitrogen functional groups attached to an aromatic ring is 1. The molecule has 0 aliphatic heterocycles. The highest BCUT2D eigenvalue weighted by Crippen LogP contribution is 2.16. The van der Waals surface area contributed by atoms with Gasteiger partial charge in [-0.15, -0.1) is 0 Å². The van der Waals surface area contributed by atoms with Gasteiger partial charge >= 0.3 is 0 Å². The van der Waals surface area contributed by atoms with Crippen molar-refractivity contribution in [2.75, 3.05) is 32.7 Å². The van der Waals surface area contributed by atoms with Gasteiger partial charge in [-0.1, -0.05) is 0 Å². The topological polar surface area (TPSA) is 67.6 Å². The van der Waals surface area contributed by atoms with Gasteiger partial charge in [-0.3, -0.25) is 10.6 Å². The van der Waals surface area contributed by atoms with Crippen molar-refractivity contribution in [1.29, 1.82) is 0 Å². The van der Waals surface area contributed by atoms with E-state index in [2.05, 4.69) is 5.43 Å². The molecule has 0 bridgehead atoms. The van der Waals surface area contributed by atoms with Gasteiger partial charge in [-0.05, 0) is 37.1 Å². The molecule has 0 saturated carbocycles. The Morgan fingerprint density at radius 1 is 1.50 bits per heavy atom. The van der Waals surface area contributed by atoms with Gasteiger partial charge in [0.1, 0.15) is 0 Å². The number of carbonyl (C=O) groups excluding carboxylic acids is 1. The predicted octanol–water partition coefficient (Wildman–Crippen LogP) is 1.39. The van der Waals surface area contributed by atoms with E-state index in [0.29, 0.717) is 18.7 Å². The molecule has 1 aromatic rings. The minimum atomic E-state index is 0.0118. The molecule has 0 aliphatic carbocycles. The molecule has 0 aliphatic rings. The molecule has 1 amide bonds. The van der Waals surface area contributed by atoms with E-state index in [0.717, 1.165) is 17.7 Å². The smallest absolute Gasteiger partial charge is 0.253 e. The number of methoxy groups -OCH3 is 1. The predicted molar refractivity (Wildman–Crippen MR) is 72.4 cm³/mol. The van der Waals surface area contributed by atoms with E-state index in [1.165, 1.54) is 0 Å². The summed E-state index contributed by atoms with van der Waals surface area (Å²) in [5, 5.41) is 0. The van der Waals surface area contributed by atoms with E-state index in [1.807, 2.05) is 19.1 Å². The summed E-state index contributed by atoms with van der Waals surface area (Å²) < 4.78 is 4.97. The third-order valence-corrected chi connectivity index (χ3v) is 2.82. The number of nitrogens with two attached hydrogens (primary N) is 1. The maximum Gasteiger partial charge on any atom is 0.253 e. The summed E-state index contributed by atoms with van der Waals surface area (Å²) in [5.41, 5.74) is 5.04. The maximum atomic E-state index is 12.1. The molecule has 0 unspecified atom stereocenters. The van der Waals surface area contributed by atoms with E-state index in [9.17, 15) is 4.79 Å². The van der Waals surface area contributed by atoms with Crippen LogP contribution in [-0.4, -0.2) is 38.1 Å². The van der Waals surface area contributed by atoms with Crippen LogP contribution >= 0.6 is 0 Å². The number of hydrogen-bond acceptors (Lipinski definition) is 4. The summed E-state index contributed by atoms with van der Waals surface area (Å²) >= 11 is 0. The van der Waals surface area contributed by atoms with Crippen LogP contribution in [-0.2, 0) is 4.74 Å². The quantitative estimate of drug-likeness (QED) is 0.455. The molecular formula is C13H21N3O2. The fourth-order valence-corrected chi connectivity index (χ4v) is 1.73. The van der Waals surface area contributed by atoms with Crippen LogP contribution < -0.4 is 11.3 Å². The Kier molecular flexibility index (Phi) is 5.61. The number of rotatable bonds is 6. The third kappa shape index (κ3) is 3.72. The number of aryl methyl sites for hydroxylation is 1. The molecule has 0 aromatic heterocycles. The monoisotopic (exact) mass is 251 g/mol. The fraction of sp³-hybridized carbons (Fsp3) is 0.462. The zero-order valence-electron chi connectivity index (χ0n) is 11.2. The molecule has 18 heavy (non-hydrogen) atoms. The Hall–Kier alpha value is -1.59. The van der Waals surface area contributed by atoms with E-state index in [4.69, 9.17) is 10.6 Å². The first-order valence-electron chi connectivity index (χ1n) is 5.91. The first kappa shape index (κ1) is 14.5. The van der Waals surface area contributed by atoms with E-state index in [1.54, 1.807) is 25.1 Å². The fourth-order valence-electron chi connectivity index (χ4n) is 1.73. The number of benzene rings is 1. The van der Waals surface area contributed by atoms with Crippen LogP contribution in [0, 0.1) is 6.92 Å². The van der Waals surface area contributed by atoms with Crippen molar-refractivity contribution in [3.05, 3.63) is 29.3 Å². The highest BCUT2D eigenvalue weighted by molar-refractivity contribution is 5.94. The molecule has 0 atom stereocenters. The van der Waals surface area contributed by atoms with Gasteiger partial charge in [-0.25, -0.2) is 0 Å². The Morgan fingerprint density at radius 2 is 2.22 bits per heavy atom. The van der Waals surface area contributed by atoms with Crippen LogP contribution in [0.15, 0.2) is 18.2 Å². The lowest BCUT2D eigenvalue weighted by molar-refractivity contribution is 0.0779. The second-order valence-corrected chi connectivity index (χ2v) is 4.25. The minimum Gasteiger partial charge on any atom is -0.385 e. The highest BCUT2D eigenvalue weighted by atomic mass is 16.5. The molecule has 0 heterocycles. The first-order chi connectivity index (χ1) is 8.60. The summed E-state index contributed by atoms with van der Waals surface area (Å²) in [6.45, 7) is 3.26. The standard InChI is InChI=1S/C13H21N3O2/c1-10-9-11(5-6-12(10)15-14)13(17)16(2)7-4-8-18-3/h5-6,9,15H,4,7-8,14H2,1-3H3. The zero-order valence-corrected chi connectivity index (χ0v) is 11.2. The molecule has 3 N–H and O–H groups in total. The van der Waals surface area contributed by atoms with Crippen LogP contribution in [0.25, 0.3) is 0 Å². The Balaban J connectivity index is 2.68. The second kappa shape index (κ2) is 6.98. The minimum absolute atomic E-state index is 0.0118. The van der Waals surface area contributed by atoms with Crippen LogP contribution in [0.2, 0.25) is 0 Å². The lowest BCUT2D eigenvalue weighted by Gasteiger charge is -2.17. The van der Waals surface area contributed by atoms with Gasteiger partial charge in [0, 0.05) is 32.9 Å². The van der Waals surface area contributed by atoms with Crippen molar-refractivity contribution >= 4 is 11.6 Å². The van der Waals surface area contributed by atoms with Gasteiger partial charge in [0.2, 0.25) is 0 Å². The van der Waals surface area contributed by atoms with Crippen molar-refractivity contribution in [2.24, 2.45) is 5.84 Å². The molecule has 1 aromatic carbocycles. The Morgan fingerprint density at radius 3 is 2.78 bits per heavy atom. The van der Waals surface area contributed by atoms with E-state index in [-0.39, 0.29) is 5.91 Å². The molecule has 5 heteroatoms. The number of ether oxygens (including phenoxy) is 1. The molecule has 0 fully saturated rings.